The Kier molecular flexibility index (Phi) is 4.63. The highest BCUT2D eigenvalue weighted by atomic mass is 32.1. The maximum atomic E-state index is 12.8. The van der Waals surface area contributed by atoms with E-state index in [-0.39, 0.29) is 17.9 Å². The van der Waals surface area contributed by atoms with Crippen LogP contribution in [0.5, 0.6) is 0 Å². The molecule has 1 amide bonds. The number of nitrogens with one attached hydrogen (secondary N) is 2. The van der Waals surface area contributed by atoms with E-state index in [1.165, 1.54) is 6.07 Å². The predicted molar refractivity (Wildman–Crippen MR) is 123 cm³/mol. The Morgan fingerprint density at radius 1 is 1.10 bits per heavy atom. The van der Waals surface area contributed by atoms with E-state index in [1.54, 1.807) is 15.9 Å². The average Bonchev–Trinajstić information content (AvgIpc) is 3.34. The van der Waals surface area contributed by atoms with Gasteiger partial charge < -0.3 is 5.32 Å². The predicted octanol–water partition coefficient (Wildman–Crippen LogP) is 4.10. The Morgan fingerprint density at radius 2 is 1.94 bits per heavy atom. The fraction of sp³-hybridized carbons (Fsp3) is 0.130. The number of aryl methyl sites for hydroxylation is 2. The number of carbonyl (C=O) groups excluding carboxylic acids is 1. The van der Waals surface area contributed by atoms with Crippen LogP contribution in [0.25, 0.3) is 26.4 Å². The highest BCUT2D eigenvalue weighted by molar-refractivity contribution is 7.21. The van der Waals surface area contributed by atoms with Gasteiger partial charge in [0.05, 0.1) is 16.6 Å². The molecule has 0 aliphatic heterocycles. The maximum absolute atomic E-state index is 12.8. The van der Waals surface area contributed by atoms with Crippen LogP contribution in [0.15, 0.2) is 59.4 Å². The molecule has 5 rings (SSSR count). The van der Waals surface area contributed by atoms with Gasteiger partial charge in [0, 0.05) is 34.3 Å². The quantitative estimate of drug-likeness (QED) is 0.450. The Labute approximate surface area is 181 Å². The van der Waals surface area contributed by atoms with E-state index in [0.717, 1.165) is 37.7 Å². The molecule has 31 heavy (non-hydrogen) atoms. The lowest BCUT2D eigenvalue weighted by atomic mass is 10.1. The van der Waals surface area contributed by atoms with E-state index in [2.05, 4.69) is 21.5 Å². The molecule has 0 fully saturated rings. The van der Waals surface area contributed by atoms with Crippen molar-refractivity contribution in [2.75, 3.05) is 5.32 Å². The van der Waals surface area contributed by atoms with E-state index >= 15 is 0 Å². The van der Waals surface area contributed by atoms with Crippen LogP contribution >= 0.6 is 11.3 Å². The summed E-state index contributed by atoms with van der Waals surface area (Å²) in [5.74, 6) is -0.150. The van der Waals surface area contributed by atoms with Gasteiger partial charge in [0.1, 0.15) is 5.01 Å². The maximum Gasteiger partial charge on any atom is 0.266 e. The van der Waals surface area contributed by atoms with Gasteiger partial charge in [0.2, 0.25) is 5.91 Å². The van der Waals surface area contributed by atoms with Gasteiger partial charge >= 0.3 is 0 Å². The minimum absolute atomic E-state index is 0.150. The number of aromatic amines is 1. The lowest BCUT2D eigenvalue weighted by Crippen LogP contribution is -2.18. The van der Waals surface area contributed by atoms with Gasteiger partial charge in [0.15, 0.2) is 5.65 Å². The van der Waals surface area contributed by atoms with Gasteiger partial charge in [-0.05, 0) is 38.1 Å². The topological polar surface area (TPSA) is 92.1 Å². The van der Waals surface area contributed by atoms with Crippen LogP contribution < -0.4 is 10.9 Å². The first-order valence-corrected chi connectivity index (χ1v) is 10.6. The first-order valence-electron chi connectivity index (χ1n) is 9.81. The van der Waals surface area contributed by atoms with Crippen molar-refractivity contribution in [3.05, 3.63) is 81.9 Å². The molecule has 0 unspecified atom stereocenters. The summed E-state index contributed by atoms with van der Waals surface area (Å²) >= 11 is 1.62. The number of nitrogens with zero attached hydrogens (tertiary/aromatic N) is 3. The standard InChI is InChI=1S/C23H19N5O2S/c1-13-17(14(2)28-20(24-13)12-22(30)27-28)11-21(29)25-16-7-5-6-15(10-16)23-26-18-8-3-4-9-19(18)31-23/h3-10,12H,11H2,1-2H3,(H,25,29)(H,27,30). The normalized spacial score (nSPS) is 11.3. The van der Waals surface area contributed by atoms with Crippen molar-refractivity contribution in [3.8, 4) is 10.6 Å². The summed E-state index contributed by atoms with van der Waals surface area (Å²) in [5.41, 5.74) is 5.28. The molecule has 5 aromatic rings. The van der Waals surface area contributed by atoms with Gasteiger partial charge in [0.25, 0.3) is 5.56 Å². The number of benzene rings is 2. The van der Waals surface area contributed by atoms with Crippen LogP contribution in [0.2, 0.25) is 0 Å². The number of hydrogen-bond acceptors (Lipinski definition) is 5. The fourth-order valence-corrected chi connectivity index (χ4v) is 4.66. The van der Waals surface area contributed by atoms with Crippen molar-refractivity contribution in [1.29, 1.82) is 0 Å². The molecular weight excluding hydrogens is 410 g/mol. The third-order valence-electron chi connectivity index (χ3n) is 5.23. The van der Waals surface area contributed by atoms with Crippen molar-refractivity contribution >= 4 is 38.8 Å². The number of aromatic nitrogens is 4. The largest absolute Gasteiger partial charge is 0.326 e. The van der Waals surface area contributed by atoms with Crippen LogP contribution in [0.4, 0.5) is 5.69 Å². The highest BCUT2D eigenvalue weighted by Gasteiger charge is 2.15. The molecule has 0 bridgehead atoms. The van der Waals surface area contributed by atoms with Gasteiger partial charge in [-0.3, -0.25) is 14.7 Å². The highest BCUT2D eigenvalue weighted by Crippen LogP contribution is 2.31. The van der Waals surface area contributed by atoms with E-state index in [4.69, 9.17) is 4.98 Å². The summed E-state index contributed by atoms with van der Waals surface area (Å²) < 4.78 is 2.75. The van der Waals surface area contributed by atoms with Crippen molar-refractivity contribution in [1.82, 2.24) is 19.6 Å². The van der Waals surface area contributed by atoms with Gasteiger partial charge in [-0.15, -0.1) is 11.3 Å². The van der Waals surface area contributed by atoms with E-state index in [9.17, 15) is 9.59 Å². The molecule has 0 saturated heterocycles. The van der Waals surface area contributed by atoms with Crippen LogP contribution in [-0.4, -0.2) is 25.5 Å². The number of thiazole rings is 1. The molecule has 0 atom stereocenters. The average molecular weight is 430 g/mol. The number of fused-ring (bicyclic) bond motifs is 2. The second kappa shape index (κ2) is 7.48. The summed E-state index contributed by atoms with van der Waals surface area (Å²) in [6.45, 7) is 3.72. The van der Waals surface area contributed by atoms with Gasteiger partial charge in [-0.25, -0.2) is 14.5 Å². The molecule has 2 aromatic carbocycles. The molecule has 0 aliphatic carbocycles. The van der Waals surface area contributed by atoms with E-state index in [1.807, 2.05) is 56.3 Å². The smallest absolute Gasteiger partial charge is 0.266 e. The van der Waals surface area contributed by atoms with Crippen LogP contribution in [-0.2, 0) is 11.2 Å². The minimum atomic E-state index is -0.219. The van der Waals surface area contributed by atoms with Crippen molar-refractivity contribution in [3.63, 3.8) is 0 Å². The number of hydrogen-bond donors (Lipinski definition) is 2. The molecule has 0 spiro atoms. The number of para-hydroxylation sites is 1. The molecule has 2 N–H and O–H groups in total. The molecule has 0 radical (unpaired) electrons. The Bertz CT molecular complexity index is 1480. The second-order valence-electron chi connectivity index (χ2n) is 7.37. The Hall–Kier alpha value is -3.78. The van der Waals surface area contributed by atoms with Gasteiger partial charge in [-0.1, -0.05) is 24.3 Å². The molecule has 7 nitrogen and oxygen atoms in total. The minimum Gasteiger partial charge on any atom is -0.326 e. The summed E-state index contributed by atoms with van der Waals surface area (Å²) in [5, 5.41) is 6.60. The monoisotopic (exact) mass is 429 g/mol. The Morgan fingerprint density at radius 3 is 2.77 bits per heavy atom. The SMILES string of the molecule is Cc1nc2cc(=O)[nH]n2c(C)c1CC(=O)Nc1cccc(-c2nc3ccccc3s2)c1. The summed E-state index contributed by atoms with van der Waals surface area (Å²) in [6.07, 6.45) is 0.159. The van der Waals surface area contributed by atoms with Crippen LogP contribution in [0.3, 0.4) is 0 Å². The molecule has 3 aromatic heterocycles. The van der Waals surface area contributed by atoms with E-state index in [0.29, 0.717) is 11.3 Å². The molecule has 8 heteroatoms. The first kappa shape index (κ1) is 19.2. The zero-order valence-corrected chi connectivity index (χ0v) is 17.8. The fourth-order valence-electron chi connectivity index (χ4n) is 3.70. The molecule has 0 aliphatic rings. The zero-order valence-electron chi connectivity index (χ0n) is 17.0. The lowest BCUT2D eigenvalue weighted by Gasteiger charge is -2.12. The Balaban J connectivity index is 1.39. The van der Waals surface area contributed by atoms with Crippen molar-refractivity contribution < 1.29 is 4.79 Å². The van der Waals surface area contributed by atoms with Gasteiger partial charge in [-0.2, -0.15) is 0 Å². The third-order valence-corrected chi connectivity index (χ3v) is 6.31. The number of H-pyrrole nitrogens is 1. The lowest BCUT2D eigenvalue weighted by molar-refractivity contribution is -0.115. The van der Waals surface area contributed by atoms with Crippen molar-refractivity contribution in [2.45, 2.75) is 20.3 Å². The summed E-state index contributed by atoms with van der Waals surface area (Å²) in [4.78, 5) is 33.5. The molecular formula is C23H19N5O2S. The number of rotatable bonds is 4. The van der Waals surface area contributed by atoms with Crippen LogP contribution in [0.1, 0.15) is 17.0 Å². The first-order chi connectivity index (χ1) is 15.0. The number of amides is 1. The van der Waals surface area contributed by atoms with Crippen LogP contribution in [0, 0.1) is 13.8 Å². The molecule has 3 heterocycles. The third kappa shape index (κ3) is 3.62. The molecule has 154 valence electrons. The number of carbonyl (C=O) groups is 1. The number of anilines is 1. The second-order valence-corrected chi connectivity index (χ2v) is 8.40. The van der Waals surface area contributed by atoms with Crippen molar-refractivity contribution in [2.24, 2.45) is 0 Å². The summed E-state index contributed by atoms with van der Waals surface area (Å²) in [7, 11) is 0. The zero-order chi connectivity index (χ0) is 21.5. The van der Waals surface area contributed by atoms with E-state index < -0.39 is 0 Å². The summed E-state index contributed by atoms with van der Waals surface area (Å²) in [6, 6.07) is 17.1. The molecule has 0 saturated carbocycles.